The number of carbonyl (C=O) groups is 2. The lowest BCUT2D eigenvalue weighted by atomic mass is 9.77. The molecule has 12 heteroatoms. The maximum Gasteiger partial charge on any atom is 0.243 e. The molecule has 11 nitrogen and oxygen atoms in total. The summed E-state index contributed by atoms with van der Waals surface area (Å²) in [6, 6.07) is 8.58. The molecule has 2 aliphatic heterocycles. The molecular formula is C36H42ClN5O6. The second-order valence-electron chi connectivity index (χ2n) is 12.2. The summed E-state index contributed by atoms with van der Waals surface area (Å²) in [6.07, 6.45) is 7.46. The van der Waals surface area contributed by atoms with Crippen molar-refractivity contribution >= 4 is 40.0 Å². The number of hydrogen-bond donors (Lipinski definition) is 2. The zero-order chi connectivity index (χ0) is 34.3. The van der Waals surface area contributed by atoms with Crippen molar-refractivity contribution < 1.29 is 28.5 Å². The Labute approximate surface area is 285 Å². The molecule has 3 aromatic rings. The van der Waals surface area contributed by atoms with Gasteiger partial charge in [-0.1, -0.05) is 29.8 Å². The number of benzene rings is 2. The monoisotopic (exact) mass is 675 g/mol. The summed E-state index contributed by atoms with van der Waals surface area (Å²) in [7, 11) is 1.54. The molecule has 0 saturated carbocycles. The molecular weight excluding hydrogens is 634 g/mol. The number of rotatable bonds is 13. The Balaban J connectivity index is 1.19. The van der Waals surface area contributed by atoms with Crippen molar-refractivity contribution in [3.63, 3.8) is 0 Å². The number of nitrogens with zero attached hydrogens (tertiary/aromatic N) is 3. The first-order chi connectivity index (χ1) is 23.1. The lowest BCUT2D eigenvalue weighted by Gasteiger charge is -2.47. The Hall–Kier alpha value is -4.61. The molecule has 0 unspecified atom stereocenters. The number of anilines is 1. The molecule has 0 aliphatic carbocycles. The molecule has 0 atom stereocenters. The summed E-state index contributed by atoms with van der Waals surface area (Å²) >= 11 is 6.54. The Bertz CT molecular complexity index is 1740. The Morgan fingerprint density at radius 1 is 1.12 bits per heavy atom. The van der Waals surface area contributed by atoms with E-state index in [1.54, 1.807) is 37.4 Å². The summed E-state index contributed by atoms with van der Waals surface area (Å²) in [5, 5.41) is 6.91. The van der Waals surface area contributed by atoms with E-state index in [0.717, 1.165) is 50.3 Å². The minimum absolute atomic E-state index is 0.00303. The summed E-state index contributed by atoms with van der Waals surface area (Å²) in [5.41, 5.74) is 3.84. The molecule has 1 spiro atoms. The highest BCUT2D eigenvalue weighted by atomic mass is 35.5. The van der Waals surface area contributed by atoms with E-state index < -0.39 is 0 Å². The molecule has 2 amide bonds. The fraction of sp³-hybridized carbons (Fsp3) is 0.389. The molecule has 2 N–H and O–H groups in total. The van der Waals surface area contributed by atoms with Gasteiger partial charge in [0.25, 0.3) is 0 Å². The summed E-state index contributed by atoms with van der Waals surface area (Å²) < 4.78 is 23.1. The van der Waals surface area contributed by atoms with Crippen LogP contribution in [-0.2, 0) is 14.3 Å². The minimum atomic E-state index is -0.236. The van der Waals surface area contributed by atoms with Crippen LogP contribution in [0, 0.1) is 5.41 Å². The first-order valence-electron chi connectivity index (χ1n) is 15.9. The smallest absolute Gasteiger partial charge is 0.243 e. The highest BCUT2D eigenvalue weighted by molar-refractivity contribution is 6.33. The molecule has 3 heterocycles. The fourth-order valence-corrected chi connectivity index (χ4v) is 5.71. The average molecular weight is 676 g/mol. The van der Waals surface area contributed by atoms with Crippen molar-refractivity contribution in [3.8, 4) is 23.1 Å². The number of hydrogen-bond acceptors (Lipinski definition) is 9. The van der Waals surface area contributed by atoms with Crippen molar-refractivity contribution in [2.45, 2.75) is 40.0 Å². The third kappa shape index (κ3) is 8.45. The molecule has 2 aromatic carbocycles. The van der Waals surface area contributed by atoms with E-state index in [1.165, 1.54) is 6.33 Å². The topological polar surface area (TPSA) is 124 Å². The van der Waals surface area contributed by atoms with Gasteiger partial charge in [0.15, 0.2) is 11.5 Å². The second kappa shape index (κ2) is 15.5. The number of amides is 2. The highest BCUT2D eigenvalue weighted by Crippen LogP contribution is 2.39. The largest absolute Gasteiger partial charge is 0.493 e. The second-order valence-corrected chi connectivity index (χ2v) is 12.6. The van der Waals surface area contributed by atoms with Crippen LogP contribution in [0.5, 0.6) is 23.1 Å². The van der Waals surface area contributed by atoms with E-state index in [-0.39, 0.29) is 36.8 Å². The van der Waals surface area contributed by atoms with Gasteiger partial charge < -0.3 is 34.5 Å². The molecule has 0 radical (unpaired) electrons. The van der Waals surface area contributed by atoms with Gasteiger partial charge in [-0.3, -0.25) is 9.59 Å². The van der Waals surface area contributed by atoms with Gasteiger partial charge in [0.05, 0.1) is 61.5 Å². The number of nitrogens with one attached hydrogen (secondary N) is 2. The van der Waals surface area contributed by atoms with Gasteiger partial charge in [-0.05, 0) is 63.5 Å². The van der Waals surface area contributed by atoms with E-state index in [0.29, 0.717) is 50.4 Å². The minimum Gasteiger partial charge on any atom is -0.493 e. The fourth-order valence-electron chi connectivity index (χ4n) is 5.47. The van der Waals surface area contributed by atoms with Gasteiger partial charge in [-0.2, -0.15) is 0 Å². The van der Waals surface area contributed by atoms with Crippen LogP contribution in [0.25, 0.3) is 10.9 Å². The Kier molecular flexibility index (Phi) is 11.2. The van der Waals surface area contributed by atoms with Crippen molar-refractivity contribution in [1.29, 1.82) is 0 Å². The number of ether oxygens (including phenoxy) is 4. The molecule has 2 fully saturated rings. The molecule has 0 bridgehead atoms. The molecule has 2 aliphatic rings. The van der Waals surface area contributed by atoms with Crippen molar-refractivity contribution in [1.82, 2.24) is 20.2 Å². The van der Waals surface area contributed by atoms with Crippen LogP contribution in [0.15, 0.2) is 72.2 Å². The van der Waals surface area contributed by atoms with E-state index in [1.807, 2.05) is 37.8 Å². The highest BCUT2D eigenvalue weighted by Gasteiger charge is 2.41. The molecule has 5 rings (SSSR count). The van der Waals surface area contributed by atoms with E-state index in [4.69, 9.17) is 30.5 Å². The molecule has 2 saturated heterocycles. The van der Waals surface area contributed by atoms with Crippen LogP contribution in [0.4, 0.5) is 5.69 Å². The SMILES string of the molecule is C=C(C)C(=CC(C)=CC)NC(=O)CNc1ccc(Oc2ncnc3cc(OCCC(=O)N4CCC5(CC4)COC5)c(OC)cc23)cc1Cl. The van der Waals surface area contributed by atoms with E-state index in [9.17, 15) is 9.59 Å². The number of methoxy groups -OCH3 is 1. The van der Waals surface area contributed by atoms with Crippen molar-refractivity contribution in [3.05, 3.63) is 77.3 Å². The zero-order valence-corrected chi connectivity index (χ0v) is 28.6. The standard InChI is InChI=1S/C36H42ClN5O6/c1-6-24(4)15-29(23(2)3)41-33(43)19-38-28-8-7-25(16-27(28)37)48-35-26-17-31(45-5)32(18-30(26)39-22-40-35)47-14-9-34(44)42-12-10-36(11-13-42)20-46-21-36/h6-8,15-18,22,38H,2,9-14,19-21H2,1,3-5H3,(H,41,43). The zero-order valence-electron chi connectivity index (χ0n) is 27.9. The normalized spacial score (nSPS) is 15.9. The van der Waals surface area contributed by atoms with Crippen molar-refractivity contribution in [2.75, 3.05) is 51.9 Å². The summed E-state index contributed by atoms with van der Waals surface area (Å²) in [4.78, 5) is 36.1. The molecule has 254 valence electrons. The van der Waals surface area contributed by atoms with Crippen LogP contribution in [0.1, 0.15) is 40.0 Å². The van der Waals surface area contributed by atoms with Gasteiger partial charge in [0.2, 0.25) is 17.7 Å². The molecule has 48 heavy (non-hydrogen) atoms. The Morgan fingerprint density at radius 3 is 2.54 bits per heavy atom. The number of allylic oxidation sites excluding steroid dienone is 4. The average Bonchev–Trinajstić information content (AvgIpc) is 3.06. The van der Waals surface area contributed by atoms with Crippen LogP contribution in [0.2, 0.25) is 5.02 Å². The van der Waals surface area contributed by atoms with Gasteiger partial charge in [0.1, 0.15) is 12.1 Å². The lowest BCUT2D eigenvalue weighted by Crippen LogP contribution is -2.52. The predicted octanol–water partition coefficient (Wildman–Crippen LogP) is 6.45. The Morgan fingerprint density at radius 2 is 1.90 bits per heavy atom. The predicted molar refractivity (Wildman–Crippen MR) is 186 cm³/mol. The van der Waals surface area contributed by atoms with Gasteiger partial charge in [-0.25, -0.2) is 9.97 Å². The van der Waals surface area contributed by atoms with E-state index in [2.05, 4.69) is 27.2 Å². The number of piperidine rings is 1. The quantitative estimate of drug-likeness (QED) is 0.197. The maximum atomic E-state index is 12.8. The first-order valence-corrected chi connectivity index (χ1v) is 16.3. The van der Waals surface area contributed by atoms with Crippen LogP contribution in [0.3, 0.4) is 0 Å². The van der Waals surface area contributed by atoms with Gasteiger partial charge >= 0.3 is 0 Å². The number of fused-ring (bicyclic) bond motifs is 1. The first kappa shape index (κ1) is 34.7. The lowest BCUT2D eigenvalue weighted by molar-refractivity contribution is -0.153. The van der Waals surface area contributed by atoms with Crippen LogP contribution < -0.4 is 24.8 Å². The number of aromatic nitrogens is 2. The summed E-state index contributed by atoms with van der Waals surface area (Å²) in [6.45, 7) is 13.0. The van der Waals surface area contributed by atoms with E-state index >= 15 is 0 Å². The van der Waals surface area contributed by atoms with Crippen molar-refractivity contribution in [2.24, 2.45) is 5.41 Å². The molecule has 1 aromatic heterocycles. The third-order valence-electron chi connectivity index (χ3n) is 8.61. The van der Waals surface area contributed by atoms with Gasteiger partial charge in [-0.15, -0.1) is 0 Å². The number of halogens is 1. The number of carbonyl (C=O) groups excluding carboxylic acids is 2. The summed E-state index contributed by atoms with van der Waals surface area (Å²) in [5.74, 6) is 1.51. The van der Waals surface area contributed by atoms with Gasteiger partial charge in [0, 0.05) is 36.3 Å². The third-order valence-corrected chi connectivity index (χ3v) is 8.92. The van der Waals surface area contributed by atoms with Crippen LogP contribution >= 0.6 is 11.6 Å². The number of likely N-dealkylation sites (tertiary alicyclic amines) is 1. The maximum absolute atomic E-state index is 12.8. The van der Waals surface area contributed by atoms with Crippen LogP contribution in [-0.4, -0.2) is 73.2 Å².